The van der Waals surface area contributed by atoms with Gasteiger partial charge in [0.05, 0.1) is 12.2 Å². The average molecular weight is 176 g/mol. The molecule has 1 aliphatic heterocycles. The zero-order valence-electron chi connectivity index (χ0n) is 7.43. The minimum absolute atomic E-state index is 0.307. The molecule has 0 aliphatic carbocycles. The Balaban J connectivity index is 2.52. The van der Waals surface area contributed by atoms with E-state index in [0.29, 0.717) is 12.8 Å². The molecule has 0 saturated carbocycles. The summed E-state index contributed by atoms with van der Waals surface area (Å²) in [6.45, 7) is 1.90. The van der Waals surface area contributed by atoms with Crippen LogP contribution in [0.5, 0.6) is 0 Å². The van der Waals surface area contributed by atoms with Gasteiger partial charge in [0.2, 0.25) is 0 Å². The SMILES string of the molecule is CCC1O[C@H](OC)CC(O)[C@@H]1O. The summed E-state index contributed by atoms with van der Waals surface area (Å²) < 4.78 is 10.3. The average Bonchev–Trinajstić information content (AvgIpc) is 2.09. The monoisotopic (exact) mass is 176 g/mol. The third-order valence-corrected chi connectivity index (χ3v) is 2.20. The van der Waals surface area contributed by atoms with Crippen LogP contribution in [-0.4, -0.2) is 41.9 Å². The van der Waals surface area contributed by atoms with Crippen molar-refractivity contribution >= 4 is 0 Å². The third kappa shape index (κ3) is 1.95. The molecule has 0 aromatic heterocycles. The van der Waals surface area contributed by atoms with Crippen LogP contribution in [-0.2, 0) is 9.47 Å². The Morgan fingerprint density at radius 3 is 2.67 bits per heavy atom. The first-order valence-electron chi connectivity index (χ1n) is 4.23. The number of methoxy groups -OCH3 is 1. The fourth-order valence-electron chi connectivity index (χ4n) is 1.40. The molecule has 0 aromatic rings. The van der Waals surface area contributed by atoms with Gasteiger partial charge in [-0.1, -0.05) is 6.92 Å². The van der Waals surface area contributed by atoms with Gasteiger partial charge >= 0.3 is 0 Å². The quantitative estimate of drug-likeness (QED) is 0.616. The molecular weight excluding hydrogens is 160 g/mol. The lowest BCUT2D eigenvalue weighted by Gasteiger charge is -2.35. The van der Waals surface area contributed by atoms with E-state index in [1.807, 2.05) is 6.92 Å². The predicted octanol–water partition coefficient (Wildman–Crippen LogP) is -0.120. The van der Waals surface area contributed by atoms with Crippen molar-refractivity contribution in [1.29, 1.82) is 0 Å². The Morgan fingerprint density at radius 1 is 1.50 bits per heavy atom. The first-order valence-corrected chi connectivity index (χ1v) is 4.23. The van der Waals surface area contributed by atoms with Gasteiger partial charge in [0.25, 0.3) is 0 Å². The molecule has 1 heterocycles. The van der Waals surface area contributed by atoms with Gasteiger partial charge < -0.3 is 19.7 Å². The molecule has 12 heavy (non-hydrogen) atoms. The summed E-state index contributed by atoms with van der Waals surface area (Å²) in [5.74, 6) is 0. The summed E-state index contributed by atoms with van der Waals surface area (Å²) in [7, 11) is 1.53. The second-order valence-electron chi connectivity index (χ2n) is 3.04. The maximum absolute atomic E-state index is 9.42. The van der Waals surface area contributed by atoms with Crippen LogP contribution in [0, 0.1) is 0 Å². The summed E-state index contributed by atoms with van der Waals surface area (Å²) >= 11 is 0. The number of ether oxygens (including phenoxy) is 2. The van der Waals surface area contributed by atoms with Gasteiger partial charge in [0.15, 0.2) is 6.29 Å². The van der Waals surface area contributed by atoms with Crippen molar-refractivity contribution in [2.45, 2.75) is 44.4 Å². The van der Waals surface area contributed by atoms with Crippen LogP contribution in [0.1, 0.15) is 19.8 Å². The van der Waals surface area contributed by atoms with E-state index in [2.05, 4.69) is 0 Å². The normalized spacial score (nSPS) is 43.0. The maximum atomic E-state index is 9.42. The second kappa shape index (κ2) is 4.18. The molecule has 2 unspecified atom stereocenters. The highest BCUT2D eigenvalue weighted by molar-refractivity contribution is 4.81. The van der Waals surface area contributed by atoms with Gasteiger partial charge in [-0.15, -0.1) is 0 Å². The van der Waals surface area contributed by atoms with Crippen LogP contribution in [0.15, 0.2) is 0 Å². The lowest BCUT2D eigenvalue weighted by Crippen LogP contribution is -2.48. The Kier molecular flexibility index (Phi) is 3.46. The summed E-state index contributed by atoms with van der Waals surface area (Å²) in [5, 5.41) is 18.8. The van der Waals surface area contributed by atoms with Gasteiger partial charge in [0, 0.05) is 13.5 Å². The molecular formula is C8H16O4. The van der Waals surface area contributed by atoms with Gasteiger partial charge in [0.1, 0.15) is 6.10 Å². The van der Waals surface area contributed by atoms with Crippen molar-refractivity contribution in [2.24, 2.45) is 0 Å². The van der Waals surface area contributed by atoms with E-state index in [1.54, 1.807) is 0 Å². The number of aliphatic hydroxyl groups is 2. The first kappa shape index (κ1) is 9.92. The molecule has 0 bridgehead atoms. The molecule has 0 radical (unpaired) electrons. The maximum Gasteiger partial charge on any atom is 0.160 e. The van der Waals surface area contributed by atoms with Crippen molar-refractivity contribution in [1.82, 2.24) is 0 Å². The predicted molar refractivity (Wildman–Crippen MR) is 42.6 cm³/mol. The van der Waals surface area contributed by atoms with E-state index in [0.717, 1.165) is 0 Å². The number of hydrogen-bond acceptors (Lipinski definition) is 4. The minimum Gasteiger partial charge on any atom is -0.390 e. The highest BCUT2D eigenvalue weighted by atomic mass is 16.7. The second-order valence-corrected chi connectivity index (χ2v) is 3.04. The fraction of sp³-hybridized carbons (Fsp3) is 1.00. The molecule has 1 rings (SSSR count). The summed E-state index contributed by atoms with van der Waals surface area (Å²) in [4.78, 5) is 0. The molecule has 72 valence electrons. The van der Waals surface area contributed by atoms with Gasteiger partial charge in [-0.05, 0) is 6.42 Å². The summed E-state index contributed by atoms with van der Waals surface area (Å²) in [6, 6.07) is 0. The summed E-state index contributed by atoms with van der Waals surface area (Å²) in [5.41, 5.74) is 0. The number of hydrogen-bond donors (Lipinski definition) is 2. The molecule has 4 nitrogen and oxygen atoms in total. The molecule has 0 spiro atoms. The van der Waals surface area contributed by atoms with Crippen molar-refractivity contribution in [3.8, 4) is 0 Å². The zero-order chi connectivity index (χ0) is 9.14. The van der Waals surface area contributed by atoms with E-state index in [-0.39, 0.29) is 12.4 Å². The van der Waals surface area contributed by atoms with Gasteiger partial charge in [-0.25, -0.2) is 0 Å². The van der Waals surface area contributed by atoms with Crippen LogP contribution < -0.4 is 0 Å². The Bertz CT molecular complexity index is 139. The van der Waals surface area contributed by atoms with Crippen molar-refractivity contribution in [3.05, 3.63) is 0 Å². The molecule has 0 aromatic carbocycles. The number of rotatable bonds is 2. The smallest absolute Gasteiger partial charge is 0.160 e. The lowest BCUT2D eigenvalue weighted by atomic mass is 10.00. The molecule has 1 fully saturated rings. The molecule has 4 atom stereocenters. The van der Waals surface area contributed by atoms with Crippen molar-refractivity contribution in [3.63, 3.8) is 0 Å². The van der Waals surface area contributed by atoms with Gasteiger partial charge in [-0.3, -0.25) is 0 Å². The standard InChI is InChI=1S/C8H16O4/c1-3-6-8(10)5(9)4-7(11-2)12-6/h5-10H,3-4H2,1-2H3/t5?,6?,7-,8-/m0/s1. The molecule has 2 N–H and O–H groups in total. The van der Waals surface area contributed by atoms with E-state index < -0.39 is 12.2 Å². The highest BCUT2D eigenvalue weighted by Gasteiger charge is 2.35. The fourth-order valence-corrected chi connectivity index (χ4v) is 1.40. The lowest BCUT2D eigenvalue weighted by molar-refractivity contribution is -0.242. The van der Waals surface area contributed by atoms with Crippen LogP contribution >= 0.6 is 0 Å². The van der Waals surface area contributed by atoms with Crippen LogP contribution in [0.4, 0.5) is 0 Å². The third-order valence-electron chi connectivity index (χ3n) is 2.20. The Hall–Kier alpha value is -0.160. The molecule has 1 aliphatic rings. The van der Waals surface area contributed by atoms with Crippen LogP contribution in [0.3, 0.4) is 0 Å². The van der Waals surface area contributed by atoms with Crippen LogP contribution in [0.2, 0.25) is 0 Å². The van der Waals surface area contributed by atoms with E-state index >= 15 is 0 Å². The number of aliphatic hydroxyl groups excluding tert-OH is 2. The topological polar surface area (TPSA) is 58.9 Å². The Labute approximate surface area is 72.1 Å². The highest BCUT2D eigenvalue weighted by Crippen LogP contribution is 2.22. The first-order chi connectivity index (χ1) is 5.69. The van der Waals surface area contributed by atoms with Crippen LogP contribution in [0.25, 0.3) is 0 Å². The molecule has 1 saturated heterocycles. The molecule has 4 heteroatoms. The minimum atomic E-state index is -0.776. The van der Waals surface area contributed by atoms with E-state index in [4.69, 9.17) is 9.47 Å². The van der Waals surface area contributed by atoms with E-state index in [9.17, 15) is 10.2 Å². The Morgan fingerprint density at radius 2 is 2.17 bits per heavy atom. The van der Waals surface area contributed by atoms with Crippen molar-refractivity contribution < 1.29 is 19.7 Å². The van der Waals surface area contributed by atoms with Gasteiger partial charge in [-0.2, -0.15) is 0 Å². The van der Waals surface area contributed by atoms with Crippen molar-refractivity contribution in [2.75, 3.05) is 7.11 Å². The zero-order valence-corrected chi connectivity index (χ0v) is 7.43. The van der Waals surface area contributed by atoms with E-state index in [1.165, 1.54) is 7.11 Å². The summed E-state index contributed by atoms with van der Waals surface area (Å²) in [6.07, 6.45) is -1.17. The largest absolute Gasteiger partial charge is 0.390 e. The molecule has 0 amide bonds.